The standard InChI is InChI=1S/C21H29N3O4/c1-16(25)17-6-7-19-18(14-17)24(21(27)15-28-19)13-8-20(26)22-9-2-3-10-23-11-4-5-12-23/h6-7,14H,2-5,8-13,15H2,1H3,(H,22,26). The summed E-state index contributed by atoms with van der Waals surface area (Å²) in [5.41, 5.74) is 1.08. The lowest BCUT2D eigenvalue weighted by molar-refractivity contribution is -0.122. The number of ether oxygens (including phenoxy) is 1. The number of Topliss-reactive ketones (excluding diaryl/α,β-unsaturated/α-hetero) is 1. The van der Waals surface area contributed by atoms with Crippen LogP contribution in [0.2, 0.25) is 0 Å². The highest BCUT2D eigenvalue weighted by Gasteiger charge is 2.26. The van der Waals surface area contributed by atoms with E-state index in [-0.39, 0.29) is 37.2 Å². The molecule has 0 unspecified atom stereocenters. The van der Waals surface area contributed by atoms with Gasteiger partial charge in [-0.1, -0.05) is 0 Å². The van der Waals surface area contributed by atoms with E-state index in [0.29, 0.717) is 23.5 Å². The number of hydrogen-bond donors (Lipinski definition) is 1. The number of ketones is 1. The summed E-state index contributed by atoms with van der Waals surface area (Å²) in [6.45, 7) is 5.87. The summed E-state index contributed by atoms with van der Waals surface area (Å²) >= 11 is 0. The van der Waals surface area contributed by atoms with Crippen LogP contribution in [0, 0.1) is 0 Å². The SMILES string of the molecule is CC(=O)c1ccc2c(c1)N(CCC(=O)NCCCCN1CCCC1)C(=O)CO2. The number of nitrogens with zero attached hydrogens (tertiary/aromatic N) is 2. The molecule has 1 saturated heterocycles. The molecule has 1 fully saturated rings. The highest BCUT2D eigenvalue weighted by Crippen LogP contribution is 2.33. The van der Waals surface area contributed by atoms with Crippen LogP contribution in [0.3, 0.4) is 0 Å². The number of nitrogens with one attached hydrogen (secondary N) is 1. The predicted octanol–water partition coefficient (Wildman–Crippen LogP) is 2.00. The van der Waals surface area contributed by atoms with E-state index in [9.17, 15) is 14.4 Å². The van der Waals surface area contributed by atoms with Crippen LogP contribution in [0.5, 0.6) is 5.75 Å². The lowest BCUT2D eigenvalue weighted by Gasteiger charge is -2.29. The van der Waals surface area contributed by atoms with Crippen molar-refractivity contribution in [3.05, 3.63) is 23.8 Å². The van der Waals surface area contributed by atoms with Gasteiger partial charge >= 0.3 is 0 Å². The van der Waals surface area contributed by atoms with Gasteiger partial charge in [-0.3, -0.25) is 14.4 Å². The van der Waals surface area contributed by atoms with Gasteiger partial charge in [0, 0.05) is 25.1 Å². The zero-order valence-corrected chi connectivity index (χ0v) is 16.5. The van der Waals surface area contributed by atoms with Gasteiger partial charge in [0.2, 0.25) is 5.91 Å². The van der Waals surface area contributed by atoms with E-state index in [0.717, 1.165) is 19.4 Å². The Balaban J connectivity index is 1.44. The molecular weight excluding hydrogens is 358 g/mol. The van der Waals surface area contributed by atoms with Crippen molar-refractivity contribution in [2.45, 2.75) is 39.0 Å². The minimum absolute atomic E-state index is 0.0511. The number of carbonyl (C=O) groups excluding carboxylic acids is 3. The third-order valence-corrected chi connectivity index (χ3v) is 5.29. The average Bonchev–Trinajstić information content (AvgIpc) is 3.20. The second kappa shape index (κ2) is 9.68. The van der Waals surface area contributed by atoms with Gasteiger partial charge in [0.25, 0.3) is 5.91 Å². The van der Waals surface area contributed by atoms with E-state index in [1.54, 1.807) is 18.2 Å². The van der Waals surface area contributed by atoms with Crippen molar-refractivity contribution in [1.82, 2.24) is 10.2 Å². The number of fused-ring (bicyclic) bond motifs is 1. The number of anilines is 1. The van der Waals surface area contributed by atoms with E-state index >= 15 is 0 Å². The van der Waals surface area contributed by atoms with Crippen LogP contribution >= 0.6 is 0 Å². The molecule has 2 aliphatic heterocycles. The summed E-state index contributed by atoms with van der Waals surface area (Å²) < 4.78 is 5.43. The molecule has 1 aromatic carbocycles. The Morgan fingerprint density at radius 1 is 1.14 bits per heavy atom. The van der Waals surface area contributed by atoms with Crippen molar-refractivity contribution >= 4 is 23.3 Å². The molecule has 7 heteroatoms. The smallest absolute Gasteiger partial charge is 0.265 e. The maximum Gasteiger partial charge on any atom is 0.265 e. The van der Waals surface area contributed by atoms with E-state index < -0.39 is 0 Å². The van der Waals surface area contributed by atoms with Crippen molar-refractivity contribution in [2.75, 3.05) is 44.2 Å². The third-order valence-electron chi connectivity index (χ3n) is 5.29. The Morgan fingerprint density at radius 3 is 2.68 bits per heavy atom. The lowest BCUT2D eigenvalue weighted by atomic mass is 10.1. The number of rotatable bonds is 9. The Kier molecular flexibility index (Phi) is 7.03. The van der Waals surface area contributed by atoms with Crippen LogP contribution in [0.1, 0.15) is 49.4 Å². The molecule has 0 saturated carbocycles. The molecule has 3 rings (SSSR count). The van der Waals surface area contributed by atoms with Crippen LogP contribution in [-0.4, -0.2) is 61.8 Å². The fraction of sp³-hybridized carbons (Fsp3) is 0.571. The Labute approximate surface area is 166 Å². The molecule has 0 aliphatic carbocycles. The van der Waals surface area contributed by atoms with Crippen molar-refractivity contribution < 1.29 is 19.1 Å². The minimum Gasteiger partial charge on any atom is -0.482 e. The molecule has 152 valence electrons. The first-order chi connectivity index (χ1) is 13.5. The highest BCUT2D eigenvalue weighted by atomic mass is 16.5. The molecule has 1 N–H and O–H groups in total. The van der Waals surface area contributed by atoms with Gasteiger partial charge < -0.3 is 19.9 Å². The number of hydrogen-bond acceptors (Lipinski definition) is 5. The summed E-state index contributed by atoms with van der Waals surface area (Å²) in [6.07, 6.45) is 4.87. The van der Waals surface area contributed by atoms with E-state index in [1.165, 1.54) is 37.8 Å². The first kappa shape index (κ1) is 20.3. The molecule has 2 heterocycles. The van der Waals surface area contributed by atoms with Crippen molar-refractivity contribution in [2.24, 2.45) is 0 Å². The van der Waals surface area contributed by atoms with Gasteiger partial charge in [0.15, 0.2) is 12.4 Å². The molecule has 0 bridgehead atoms. The Hall–Kier alpha value is -2.41. The largest absolute Gasteiger partial charge is 0.482 e. The summed E-state index contributed by atoms with van der Waals surface area (Å²) in [5.74, 6) is 0.218. The highest BCUT2D eigenvalue weighted by molar-refractivity contribution is 6.01. The number of carbonyl (C=O) groups is 3. The normalized spacial score (nSPS) is 16.6. The van der Waals surface area contributed by atoms with Gasteiger partial charge in [-0.25, -0.2) is 0 Å². The lowest BCUT2D eigenvalue weighted by Crippen LogP contribution is -2.41. The predicted molar refractivity (Wildman–Crippen MR) is 107 cm³/mol. The van der Waals surface area contributed by atoms with Gasteiger partial charge in [-0.05, 0) is 70.4 Å². The molecule has 0 aromatic heterocycles. The maximum absolute atomic E-state index is 12.3. The quantitative estimate of drug-likeness (QED) is 0.518. The summed E-state index contributed by atoms with van der Waals surface area (Å²) in [6, 6.07) is 5.04. The van der Waals surface area contributed by atoms with E-state index in [1.807, 2.05) is 0 Å². The first-order valence-corrected chi connectivity index (χ1v) is 10.1. The van der Waals surface area contributed by atoms with Crippen molar-refractivity contribution in [3.63, 3.8) is 0 Å². The molecule has 2 amide bonds. The first-order valence-electron chi connectivity index (χ1n) is 10.1. The molecule has 28 heavy (non-hydrogen) atoms. The number of benzene rings is 1. The summed E-state index contributed by atoms with van der Waals surface area (Å²) in [7, 11) is 0. The molecule has 0 atom stereocenters. The van der Waals surface area contributed by atoms with Gasteiger partial charge in [0.05, 0.1) is 5.69 Å². The molecular formula is C21H29N3O4. The van der Waals surface area contributed by atoms with Crippen LogP contribution in [0.25, 0.3) is 0 Å². The zero-order valence-electron chi connectivity index (χ0n) is 16.5. The van der Waals surface area contributed by atoms with Crippen molar-refractivity contribution in [3.8, 4) is 5.75 Å². The zero-order chi connectivity index (χ0) is 19.9. The number of unbranched alkanes of at least 4 members (excludes halogenated alkanes) is 1. The number of likely N-dealkylation sites (tertiary alicyclic amines) is 1. The maximum atomic E-state index is 12.3. The van der Waals surface area contributed by atoms with Gasteiger partial charge in [0.1, 0.15) is 5.75 Å². The Bertz CT molecular complexity index is 728. The van der Waals surface area contributed by atoms with Crippen molar-refractivity contribution in [1.29, 1.82) is 0 Å². The summed E-state index contributed by atoms with van der Waals surface area (Å²) in [5, 5.41) is 2.94. The second-order valence-electron chi connectivity index (χ2n) is 7.43. The van der Waals surface area contributed by atoms with Crippen LogP contribution in [0.4, 0.5) is 5.69 Å². The molecule has 0 radical (unpaired) electrons. The fourth-order valence-corrected chi connectivity index (χ4v) is 3.66. The molecule has 2 aliphatic rings. The van der Waals surface area contributed by atoms with Crippen LogP contribution in [-0.2, 0) is 9.59 Å². The number of amides is 2. The second-order valence-corrected chi connectivity index (χ2v) is 7.43. The van der Waals surface area contributed by atoms with Crippen LogP contribution < -0.4 is 15.0 Å². The monoisotopic (exact) mass is 387 g/mol. The van der Waals surface area contributed by atoms with E-state index in [4.69, 9.17) is 4.74 Å². The topological polar surface area (TPSA) is 79.0 Å². The van der Waals surface area contributed by atoms with Gasteiger partial charge in [-0.2, -0.15) is 0 Å². The summed E-state index contributed by atoms with van der Waals surface area (Å²) in [4.78, 5) is 40.0. The minimum atomic E-state index is -0.202. The Morgan fingerprint density at radius 2 is 1.93 bits per heavy atom. The molecule has 1 aromatic rings. The molecule has 0 spiro atoms. The molecule has 7 nitrogen and oxygen atoms in total. The third kappa shape index (κ3) is 5.32. The fourth-order valence-electron chi connectivity index (χ4n) is 3.66. The van der Waals surface area contributed by atoms with Gasteiger partial charge in [-0.15, -0.1) is 0 Å². The van der Waals surface area contributed by atoms with Crippen LogP contribution in [0.15, 0.2) is 18.2 Å². The van der Waals surface area contributed by atoms with E-state index in [2.05, 4.69) is 10.2 Å². The average molecular weight is 387 g/mol.